The quantitative estimate of drug-likeness (QED) is 0.634. The van der Waals surface area contributed by atoms with Crippen molar-refractivity contribution in [3.63, 3.8) is 0 Å². The van der Waals surface area contributed by atoms with Gasteiger partial charge in [0.1, 0.15) is 12.4 Å². The first kappa shape index (κ1) is 18.7. The van der Waals surface area contributed by atoms with Crippen molar-refractivity contribution in [1.82, 2.24) is 4.90 Å². The number of rotatable bonds is 4. The highest BCUT2D eigenvalue weighted by atomic mass is 35.5. The van der Waals surface area contributed by atoms with Crippen LogP contribution in [0, 0.1) is 0 Å². The van der Waals surface area contributed by atoms with Crippen molar-refractivity contribution in [3.05, 3.63) is 94.5 Å². The summed E-state index contributed by atoms with van der Waals surface area (Å²) in [4.78, 5) is 37.8. The SMILES string of the molecule is O=C(Nc1ccc(COc2ccc(Cl)cc2)cc1)N1C(=O)c2ccccc2C1=O. The van der Waals surface area contributed by atoms with Gasteiger partial charge >= 0.3 is 6.03 Å². The van der Waals surface area contributed by atoms with Gasteiger partial charge in [0.25, 0.3) is 11.8 Å². The molecule has 144 valence electrons. The average Bonchev–Trinajstić information content (AvgIpc) is 2.99. The highest BCUT2D eigenvalue weighted by Crippen LogP contribution is 2.23. The molecule has 3 aromatic rings. The molecule has 4 amide bonds. The number of ether oxygens (including phenoxy) is 1. The smallest absolute Gasteiger partial charge is 0.336 e. The summed E-state index contributed by atoms with van der Waals surface area (Å²) in [6.07, 6.45) is 0. The first-order valence-corrected chi connectivity index (χ1v) is 9.17. The molecular formula is C22H15ClN2O4. The van der Waals surface area contributed by atoms with Crippen LogP contribution < -0.4 is 10.1 Å². The second kappa shape index (κ2) is 7.77. The second-order valence-corrected chi connectivity index (χ2v) is 6.80. The van der Waals surface area contributed by atoms with Crippen LogP contribution in [-0.4, -0.2) is 22.7 Å². The molecule has 3 aromatic carbocycles. The number of benzene rings is 3. The maximum absolute atomic E-state index is 12.5. The van der Waals surface area contributed by atoms with Gasteiger partial charge in [-0.3, -0.25) is 9.59 Å². The number of nitrogens with one attached hydrogen (secondary N) is 1. The predicted molar refractivity (Wildman–Crippen MR) is 108 cm³/mol. The molecule has 1 aliphatic rings. The van der Waals surface area contributed by atoms with Gasteiger partial charge in [-0.05, 0) is 54.1 Å². The van der Waals surface area contributed by atoms with Crippen LogP contribution in [-0.2, 0) is 6.61 Å². The summed E-state index contributed by atoms with van der Waals surface area (Å²) in [6.45, 7) is 0.342. The van der Waals surface area contributed by atoms with E-state index in [-0.39, 0.29) is 11.1 Å². The molecule has 0 spiro atoms. The fraction of sp³-hybridized carbons (Fsp3) is 0.0455. The van der Waals surface area contributed by atoms with Crippen LogP contribution in [0.15, 0.2) is 72.8 Å². The van der Waals surface area contributed by atoms with E-state index in [4.69, 9.17) is 16.3 Å². The second-order valence-electron chi connectivity index (χ2n) is 6.36. The predicted octanol–water partition coefficient (Wildman–Crippen LogP) is 4.75. The third-order valence-electron chi connectivity index (χ3n) is 4.42. The minimum Gasteiger partial charge on any atom is -0.489 e. The first-order valence-electron chi connectivity index (χ1n) is 8.79. The molecule has 0 unspecified atom stereocenters. The molecule has 0 fully saturated rings. The van der Waals surface area contributed by atoms with Crippen molar-refractivity contribution in [2.24, 2.45) is 0 Å². The van der Waals surface area contributed by atoms with Crippen molar-refractivity contribution in [1.29, 1.82) is 0 Å². The van der Waals surface area contributed by atoms with E-state index in [0.717, 1.165) is 5.56 Å². The molecule has 0 radical (unpaired) electrons. The Labute approximate surface area is 171 Å². The molecular weight excluding hydrogens is 392 g/mol. The van der Waals surface area contributed by atoms with Crippen molar-refractivity contribution in [2.45, 2.75) is 6.61 Å². The number of hydrogen-bond acceptors (Lipinski definition) is 4. The van der Waals surface area contributed by atoms with E-state index in [2.05, 4.69) is 5.32 Å². The molecule has 1 aliphatic heterocycles. The maximum atomic E-state index is 12.5. The van der Waals surface area contributed by atoms with E-state index >= 15 is 0 Å². The zero-order valence-corrected chi connectivity index (χ0v) is 15.8. The van der Waals surface area contributed by atoms with Gasteiger partial charge in [-0.15, -0.1) is 0 Å². The Morgan fingerprint density at radius 2 is 1.45 bits per heavy atom. The Morgan fingerprint density at radius 3 is 2.03 bits per heavy atom. The summed E-state index contributed by atoms with van der Waals surface area (Å²) in [6, 6.07) is 19.5. The van der Waals surface area contributed by atoms with E-state index in [0.29, 0.717) is 28.0 Å². The van der Waals surface area contributed by atoms with Crippen LogP contribution in [0.25, 0.3) is 0 Å². The fourth-order valence-electron chi connectivity index (χ4n) is 2.93. The Balaban J connectivity index is 1.39. The van der Waals surface area contributed by atoms with Crippen molar-refractivity contribution in [2.75, 3.05) is 5.32 Å². The zero-order chi connectivity index (χ0) is 20.4. The lowest BCUT2D eigenvalue weighted by atomic mass is 10.1. The van der Waals surface area contributed by atoms with Crippen molar-refractivity contribution in [3.8, 4) is 5.75 Å². The number of fused-ring (bicyclic) bond motifs is 1. The minimum absolute atomic E-state index is 0.224. The molecule has 1 heterocycles. The van der Waals surface area contributed by atoms with Crippen LogP contribution in [0.1, 0.15) is 26.3 Å². The number of urea groups is 1. The lowest BCUT2D eigenvalue weighted by molar-refractivity contribution is 0.0713. The van der Waals surface area contributed by atoms with Crippen LogP contribution in [0.4, 0.5) is 10.5 Å². The molecule has 6 nitrogen and oxygen atoms in total. The van der Waals surface area contributed by atoms with Gasteiger partial charge in [-0.25, -0.2) is 4.79 Å². The fourth-order valence-corrected chi connectivity index (χ4v) is 3.06. The Hall–Kier alpha value is -3.64. The Morgan fingerprint density at radius 1 is 0.862 bits per heavy atom. The summed E-state index contributed by atoms with van der Waals surface area (Å²) in [5, 5.41) is 3.21. The average molecular weight is 407 g/mol. The highest BCUT2D eigenvalue weighted by Gasteiger charge is 2.39. The molecule has 7 heteroatoms. The van der Waals surface area contributed by atoms with E-state index in [1.54, 1.807) is 60.7 Å². The Kier molecular flexibility index (Phi) is 5.01. The van der Waals surface area contributed by atoms with Crippen molar-refractivity contribution < 1.29 is 19.1 Å². The minimum atomic E-state index is -0.790. The molecule has 0 atom stereocenters. The van der Waals surface area contributed by atoms with Gasteiger partial charge in [0, 0.05) is 10.7 Å². The standard InChI is InChI=1S/C22H15ClN2O4/c23-15-7-11-17(12-8-15)29-13-14-5-9-16(10-6-14)24-22(28)25-20(26)18-3-1-2-4-19(18)21(25)27/h1-12H,13H2,(H,24,28). The lowest BCUT2D eigenvalue weighted by Crippen LogP contribution is -2.39. The van der Waals surface area contributed by atoms with Gasteiger partial charge in [0.2, 0.25) is 0 Å². The van der Waals surface area contributed by atoms with Gasteiger partial charge in [0.15, 0.2) is 0 Å². The molecule has 0 bridgehead atoms. The number of halogens is 1. The number of amides is 4. The molecule has 0 saturated heterocycles. The first-order chi connectivity index (χ1) is 14.0. The van der Waals surface area contributed by atoms with Crippen LogP contribution >= 0.6 is 11.6 Å². The van der Waals surface area contributed by atoms with Gasteiger partial charge in [-0.2, -0.15) is 4.90 Å². The van der Waals surface area contributed by atoms with Gasteiger partial charge in [0.05, 0.1) is 11.1 Å². The van der Waals surface area contributed by atoms with E-state index in [9.17, 15) is 14.4 Å². The normalized spacial score (nSPS) is 12.7. The summed E-state index contributed by atoms with van der Waals surface area (Å²) in [7, 11) is 0. The number of nitrogens with zero attached hydrogens (tertiary/aromatic N) is 1. The Bertz CT molecular complexity index is 1060. The third kappa shape index (κ3) is 3.83. The summed E-state index contributed by atoms with van der Waals surface area (Å²) >= 11 is 5.84. The molecule has 1 N–H and O–H groups in total. The topological polar surface area (TPSA) is 75.7 Å². The zero-order valence-electron chi connectivity index (χ0n) is 15.1. The van der Waals surface area contributed by atoms with Gasteiger partial charge < -0.3 is 10.1 Å². The number of carbonyl (C=O) groups excluding carboxylic acids is 3. The summed E-state index contributed by atoms with van der Waals surface area (Å²) in [5.74, 6) is -0.565. The monoisotopic (exact) mass is 406 g/mol. The summed E-state index contributed by atoms with van der Waals surface area (Å²) in [5.41, 5.74) is 1.80. The lowest BCUT2D eigenvalue weighted by Gasteiger charge is -2.13. The number of imide groups is 3. The van der Waals surface area contributed by atoms with Crippen LogP contribution in [0.5, 0.6) is 5.75 Å². The van der Waals surface area contributed by atoms with Crippen LogP contribution in [0.3, 0.4) is 0 Å². The van der Waals surface area contributed by atoms with Crippen LogP contribution in [0.2, 0.25) is 5.02 Å². The number of hydrogen-bond donors (Lipinski definition) is 1. The largest absolute Gasteiger partial charge is 0.489 e. The van der Waals surface area contributed by atoms with E-state index in [1.165, 1.54) is 12.1 Å². The summed E-state index contributed by atoms with van der Waals surface area (Å²) < 4.78 is 5.67. The number of carbonyl (C=O) groups is 3. The maximum Gasteiger partial charge on any atom is 0.336 e. The molecule has 0 aromatic heterocycles. The molecule has 0 aliphatic carbocycles. The molecule has 4 rings (SSSR count). The highest BCUT2D eigenvalue weighted by molar-refractivity contribution is 6.30. The van der Waals surface area contributed by atoms with Crippen molar-refractivity contribution >= 4 is 35.1 Å². The van der Waals surface area contributed by atoms with E-state index in [1.807, 2.05) is 0 Å². The molecule has 0 saturated carbocycles. The third-order valence-corrected chi connectivity index (χ3v) is 4.67. The van der Waals surface area contributed by atoms with E-state index < -0.39 is 17.8 Å². The molecule has 29 heavy (non-hydrogen) atoms. The number of anilines is 1. The van der Waals surface area contributed by atoms with Gasteiger partial charge in [-0.1, -0.05) is 35.9 Å².